The lowest BCUT2D eigenvalue weighted by atomic mass is 10.2. The van der Waals surface area contributed by atoms with Gasteiger partial charge in [-0.1, -0.05) is 18.6 Å². The van der Waals surface area contributed by atoms with Crippen molar-refractivity contribution in [3.8, 4) is 0 Å². The zero-order valence-electron chi connectivity index (χ0n) is 18.8. The number of likely N-dealkylation sites (tertiary alicyclic amines) is 1. The van der Waals surface area contributed by atoms with Crippen LogP contribution in [0.2, 0.25) is 0 Å². The molecule has 0 aromatic heterocycles. The minimum atomic E-state index is -3.42. The van der Waals surface area contributed by atoms with Gasteiger partial charge in [0.15, 0.2) is 5.96 Å². The Morgan fingerprint density at radius 1 is 1.13 bits per heavy atom. The molecular weight excluding hydrogens is 529 g/mol. The summed E-state index contributed by atoms with van der Waals surface area (Å²) >= 11 is 0. The molecule has 8 nitrogen and oxygen atoms in total. The lowest BCUT2D eigenvalue weighted by Gasteiger charge is -2.20. The van der Waals surface area contributed by atoms with Crippen LogP contribution in [0.3, 0.4) is 0 Å². The van der Waals surface area contributed by atoms with Crippen molar-refractivity contribution in [2.75, 3.05) is 40.3 Å². The van der Waals surface area contributed by atoms with Crippen LogP contribution >= 0.6 is 24.0 Å². The predicted octanol–water partition coefficient (Wildman–Crippen LogP) is 2.40. The number of carbonyl (C=O) groups is 1. The van der Waals surface area contributed by atoms with Gasteiger partial charge in [0.05, 0.1) is 11.4 Å². The second-order valence-electron chi connectivity index (χ2n) is 7.60. The summed E-state index contributed by atoms with van der Waals surface area (Å²) in [6, 6.07) is 6.79. The summed E-state index contributed by atoms with van der Waals surface area (Å²) < 4.78 is 25.5. The molecule has 0 bridgehead atoms. The number of nitrogens with one attached hydrogen (secondary N) is 2. The molecule has 1 heterocycles. The molecule has 1 aromatic carbocycles. The number of halogens is 1. The highest BCUT2D eigenvalue weighted by molar-refractivity contribution is 14.0. The average Bonchev–Trinajstić information content (AvgIpc) is 2.93. The topological polar surface area (TPSA) is 94.1 Å². The molecule has 1 aliphatic rings. The molecule has 1 aliphatic heterocycles. The van der Waals surface area contributed by atoms with Gasteiger partial charge in [-0.15, -0.1) is 24.0 Å². The number of nitrogens with zero attached hydrogens (tertiary/aromatic N) is 3. The zero-order chi connectivity index (χ0) is 22.0. The van der Waals surface area contributed by atoms with Gasteiger partial charge in [-0.25, -0.2) is 17.7 Å². The lowest BCUT2D eigenvalue weighted by molar-refractivity contribution is -0.130. The Hall–Kier alpha value is -1.40. The van der Waals surface area contributed by atoms with E-state index in [-0.39, 0.29) is 34.8 Å². The van der Waals surface area contributed by atoms with Gasteiger partial charge in [0.2, 0.25) is 15.9 Å². The Morgan fingerprint density at radius 2 is 1.84 bits per heavy atom. The molecule has 1 aromatic rings. The number of guanidine groups is 1. The first kappa shape index (κ1) is 27.6. The largest absolute Gasteiger partial charge is 0.357 e. The van der Waals surface area contributed by atoms with E-state index in [2.05, 4.69) is 15.6 Å². The monoisotopic (exact) mass is 565 g/mol. The molecule has 1 amide bonds. The molecule has 0 aliphatic carbocycles. The van der Waals surface area contributed by atoms with Crippen molar-refractivity contribution in [3.63, 3.8) is 0 Å². The summed E-state index contributed by atoms with van der Waals surface area (Å²) in [5.41, 5.74) is 0.931. The van der Waals surface area contributed by atoms with Crippen LogP contribution in [0.4, 0.5) is 0 Å². The van der Waals surface area contributed by atoms with Gasteiger partial charge in [0.25, 0.3) is 0 Å². The van der Waals surface area contributed by atoms with Crippen molar-refractivity contribution in [2.45, 2.75) is 50.5 Å². The molecule has 10 heteroatoms. The first-order valence-electron chi connectivity index (χ1n) is 10.7. The molecule has 1 saturated heterocycles. The summed E-state index contributed by atoms with van der Waals surface area (Å²) in [7, 11) is -0.382. The van der Waals surface area contributed by atoms with E-state index in [1.54, 1.807) is 24.3 Å². The van der Waals surface area contributed by atoms with E-state index in [9.17, 15) is 13.2 Å². The Morgan fingerprint density at radius 3 is 2.48 bits per heavy atom. The molecule has 0 saturated carbocycles. The third-order valence-corrected chi connectivity index (χ3v) is 6.86. The SMILES string of the molecule is CCNC(=NCc1ccc(S(=O)(=O)N(C)C)cc1)NCCCN1CCCCCC1=O.I. The van der Waals surface area contributed by atoms with Crippen LogP contribution in [0.1, 0.15) is 44.6 Å². The molecule has 31 heavy (non-hydrogen) atoms. The molecule has 2 N–H and O–H groups in total. The van der Waals surface area contributed by atoms with Crippen LogP contribution in [0, 0.1) is 0 Å². The van der Waals surface area contributed by atoms with Crippen LogP contribution in [0.15, 0.2) is 34.2 Å². The summed E-state index contributed by atoms with van der Waals surface area (Å²) in [4.78, 5) is 18.9. The predicted molar refractivity (Wildman–Crippen MR) is 135 cm³/mol. The maximum atomic E-state index is 12.1. The van der Waals surface area contributed by atoms with E-state index < -0.39 is 10.0 Å². The van der Waals surface area contributed by atoms with Gasteiger partial charge < -0.3 is 15.5 Å². The Bertz CT molecular complexity index is 813. The van der Waals surface area contributed by atoms with E-state index in [1.165, 1.54) is 18.4 Å². The Kier molecular flexibility index (Phi) is 12.4. The number of hydrogen-bond acceptors (Lipinski definition) is 4. The van der Waals surface area contributed by atoms with E-state index >= 15 is 0 Å². The van der Waals surface area contributed by atoms with Gasteiger partial charge in [0.1, 0.15) is 0 Å². The molecule has 2 rings (SSSR count). The van der Waals surface area contributed by atoms with Gasteiger partial charge in [0, 0.05) is 46.7 Å². The molecule has 176 valence electrons. The van der Waals surface area contributed by atoms with Crippen molar-refractivity contribution < 1.29 is 13.2 Å². The minimum Gasteiger partial charge on any atom is -0.357 e. The number of hydrogen-bond donors (Lipinski definition) is 2. The van der Waals surface area contributed by atoms with E-state index in [1.807, 2.05) is 11.8 Å². The summed E-state index contributed by atoms with van der Waals surface area (Å²) in [5.74, 6) is 0.984. The highest BCUT2D eigenvalue weighted by Crippen LogP contribution is 2.14. The number of sulfonamides is 1. The van der Waals surface area contributed by atoms with Crippen LogP contribution < -0.4 is 10.6 Å². The summed E-state index contributed by atoms with van der Waals surface area (Å²) in [6.07, 6.45) is 4.78. The highest BCUT2D eigenvalue weighted by Gasteiger charge is 2.17. The van der Waals surface area contributed by atoms with Crippen molar-refractivity contribution in [2.24, 2.45) is 4.99 Å². The number of benzene rings is 1. The number of rotatable bonds is 9. The average molecular weight is 566 g/mol. The van der Waals surface area contributed by atoms with Crippen molar-refractivity contribution in [1.29, 1.82) is 0 Å². The standard InChI is InChI=1S/C21H35N5O3S.HI/c1-4-22-21(23-14-8-16-26-15-7-5-6-9-20(26)27)24-17-18-10-12-19(13-11-18)30(28,29)25(2)3;/h10-13H,4-9,14-17H2,1-3H3,(H2,22,23,24);1H. The first-order valence-corrected chi connectivity index (χ1v) is 12.1. The second-order valence-corrected chi connectivity index (χ2v) is 9.75. The Labute approximate surface area is 203 Å². The van der Waals surface area contributed by atoms with Crippen LogP contribution in [0.25, 0.3) is 0 Å². The molecule has 0 radical (unpaired) electrons. The molecule has 1 fully saturated rings. The minimum absolute atomic E-state index is 0. The Balaban J connectivity index is 0.00000480. The van der Waals surface area contributed by atoms with Crippen LogP contribution in [0.5, 0.6) is 0 Å². The zero-order valence-corrected chi connectivity index (χ0v) is 21.9. The quantitative estimate of drug-likeness (QED) is 0.208. The number of amides is 1. The molecular formula is C21H36IN5O3S. The fourth-order valence-corrected chi connectivity index (χ4v) is 4.14. The van der Waals surface area contributed by atoms with E-state index in [0.29, 0.717) is 18.9 Å². The third-order valence-electron chi connectivity index (χ3n) is 5.03. The summed E-state index contributed by atoms with van der Waals surface area (Å²) in [5, 5.41) is 6.53. The first-order chi connectivity index (χ1) is 14.3. The van der Waals surface area contributed by atoms with Crippen molar-refractivity contribution >= 4 is 45.9 Å². The van der Waals surface area contributed by atoms with Crippen LogP contribution in [-0.2, 0) is 21.4 Å². The number of aliphatic imine (C=N–C) groups is 1. The van der Waals surface area contributed by atoms with Gasteiger partial charge in [-0.2, -0.15) is 0 Å². The highest BCUT2D eigenvalue weighted by atomic mass is 127. The van der Waals surface area contributed by atoms with Gasteiger partial charge in [-0.05, 0) is 43.9 Å². The van der Waals surface area contributed by atoms with Crippen molar-refractivity contribution in [1.82, 2.24) is 19.8 Å². The summed E-state index contributed by atoms with van der Waals surface area (Å²) in [6.45, 7) is 5.57. The van der Waals surface area contributed by atoms with Crippen molar-refractivity contribution in [3.05, 3.63) is 29.8 Å². The van der Waals surface area contributed by atoms with Gasteiger partial charge in [-0.3, -0.25) is 4.79 Å². The second kappa shape index (κ2) is 13.9. The molecule has 0 unspecified atom stereocenters. The number of carbonyl (C=O) groups excluding carboxylic acids is 1. The maximum Gasteiger partial charge on any atom is 0.242 e. The molecule has 0 spiro atoms. The van der Waals surface area contributed by atoms with E-state index in [0.717, 1.165) is 57.4 Å². The normalized spacial score (nSPS) is 15.4. The lowest BCUT2D eigenvalue weighted by Crippen LogP contribution is -2.39. The van der Waals surface area contributed by atoms with Gasteiger partial charge >= 0.3 is 0 Å². The maximum absolute atomic E-state index is 12.1. The third kappa shape index (κ3) is 8.93. The van der Waals surface area contributed by atoms with Crippen LogP contribution in [-0.4, -0.2) is 69.8 Å². The van der Waals surface area contributed by atoms with E-state index in [4.69, 9.17) is 0 Å². The fraction of sp³-hybridized carbons (Fsp3) is 0.619. The fourth-order valence-electron chi connectivity index (χ4n) is 3.24. The smallest absolute Gasteiger partial charge is 0.242 e. The molecule has 0 atom stereocenters.